The minimum atomic E-state index is -0.267. The molecule has 1 aliphatic rings. The Balaban J connectivity index is 0.00000176. The Labute approximate surface area is 134 Å². The van der Waals surface area contributed by atoms with Gasteiger partial charge in [-0.1, -0.05) is 12.1 Å². The van der Waals surface area contributed by atoms with Crippen LogP contribution in [0.4, 0.5) is 5.69 Å². The number of methoxy groups -OCH3 is 1. The molecule has 2 amide bonds. The minimum absolute atomic E-state index is 0. The molecule has 0 aromatic heterocycles. The van der Waals surface area contributed by atoms with Gasteiger partial charge in [0.15, 0.2) is 0 Å². The molecule has 0 spiro atoms. The summed E-state index contributed by atoms with van der Waals surface area (Å²) in [5, 5.41) is 3.06. The van der Waals surface area contributed by atoms with Gasteiger partial charge < -0.3 is 10.1 Å². The molecule has 0 bridgehead atoms. The molecule has 0 radical (unpaired) electrons. The topological polar surface area (TPSA) is 58.6 Å². The van der Waals surface area contributed by atoms with Gasteiger partial charge >= 0.3 is 0 Å². The molecule has 1 heterocycles. The van der Waals surface area contributed by atoms with E-state index in [1.54, 1.807) is 31.4 Å². The second-order valence-corrected chi connectivity index (χ2v) is 4.65. The number of hydrogen-bond acceptors (Lipinski definition) is 4. The SMILES string of the molecule is COc1ccc(NCN2C(=O)c3ccccc3C2=O)cc1.Cl. The van der Waals surface area contributed by atoms with Gasteiger partial charge in [0, 0.05) is 5.69 Å². The van der Waals surface area contributed by atoms with Gasteiger partial charge in [-0.25, -0.2) is 0 Å². The summed E-state index contributed by atoms with van der Waals surface area (Å²) in [5.74, 6) is 0.217. The molecule has 6 heteroatoms. The third-order valence-electron chi connectivity index (χ3n) is 3.41. The highest BCUT2D eigenvalue weighted by Gasteiger charge is 2.34. The predicted octanol–water partition coefficient (Wildman–Crippen LogP) is 2.78. The number of benzene rings is 2. The van der Waals surface area contributed by atoms with Gasteiger partial charge in [0.05, 0.1) is 24.9 Å². The van der Waals surface area contributed by atoms with Crippen LogP contribution in [0, 0.1) is 0 Å². The monoisotopic (exact) mass is 318 g/mol. The molecular formula is C16H15ClN2O3. The summed E-state index contributed by atoms with van der Waals surface area (Å²) >= 11 is 0. The van der Waals surface area contributed by atoms with E-state index in [9.17, 15) is 9.59 Å². The summed E-state index contributed by atoms with van der Waals surface area (Å²) in [5.41, 5.74) is 1.73. The van der Waals surface area contributed by atoms with Crippen LogP contribution in [0.25, 0.3) is 0 Å². The fourth-order valence-electron chi connectivity index (χ4n) is 2.26. The van der Waals surface area contributed by atoms with Crippen LogP contribution in [0.15, 0.2) is 48.5 Å². The minimum Gasteiger partial charge on any atom is -0.497 e. The normalized spacial score (nSPS) is 12.7. The lowest BCUT2D eigenvalue weighted by Gasteiger charge is -2.15. The zero-order chi connectivity index (χ0) is 14.8. The number of halogens is 1. The van der Waals surface area contributed by atoms with Crippen molar-refractivity contribution in [3.8, 4) is 5.75 Å². The summed E-state index contributed by atoms with van der Waals surface area (Å²) in [6.07, 6.45) is 0. The molecule has 0 fully saturated rings. The molecule has 1 N–H and O–H groups in total. The zero-order valence-electron chi connectivity index (χ0n) is 11.9. The van der Waals surface area contributed by atoms with Crippen LogP contribution in [0.3, 0.4) is 0 Å². The molecule has 0 aliphatic carbocycles. The van der Waals surface area contributed by atoms with E-state index in [1.165, 1.54) is 4.90 Å². The molecule has 1 aliphatic heterocycles. The summed E-state index contributed by atoms with van der Waals surface area (Å²) < 4.78 is 5.08. The van der Waals surface area contributed by atoms with Gasteiger partial charge in [0.1, 0.15) is 5.75 Å². The Morgan fingerprint density at radius 1 is 0.955 bits per heavy atom. The van der Waals surface area contributed by atoms with Gasteiger partial charge in [-0.15, -0.1) is 12.4 Å². The van der Waals surface area contributed by atoms with E-state index >= 15 is 0 Å². The quantitative estimate of drug-likeness (QED) is 0.881. The Hall–Kier alpha value is -2.53. The Morgan fingerprint density at radius 3 is 2.00 bits per heavy atom. The van der Waals surface area contributed by atoms with Crippen LogP contribution in [0.1, 0.15) is 20.7 Å². The highest BCUT2D eigenvalue weighted by molar-refractivity contribution is 6.21. The number of hydrogen-bond donors (Lipinski definition) is 1. The number of carbonyl (C=O) groups excluding carboxylic acids is 2. The number of nitrogens with zero attached hydrogens (tertiary/aromatic N) is 1. The van der Waals surface area contributed by atoms with E-state index in [2.05, 4.69) is 5.32 Å². The van der Waals surface area contributed by atoms with E-state index in [0.717, 1.165) is 11.4 Å². The van der Waals surface area contributed by atoms with Gasteiger partial charge in [-0.05, 0) is 36.4 Å². The highest BCUT2D eigenvalue weighted by Crippen LogP contribution is 2.22. The third kappa shape index (κ3) is 2.76. The van der Waals surface area contributed by atoms with Crippen molar-refractivity contribution in [1.29, 1.82) is 0 Å². The number of carbonyl (C=O) groups is 2. The number of fused-ring (bicyclic) bond motifs is 1. The van der Waals surface area contributed by atoms with E-state index in [-0.39, 0.29) is 30.9 Å². The van der Waals surface area contributed by atoms with Crippen molar-refractivity contribution in [3.05, 3.63) is 59.7 Å². The van der Waals surface area contributed by atoms with Crippen molar-refractivity contribution in [1.82, 2.24) is 4.90 Å². The lowest BCUT2D eigenvalue weighted by Crippen LogP contribution is -2.34. The maximum absolute atomic E-state index is 12.2. The largest absolute Gasteiger partial charge is 0.497 e. The molecule has 3 rings (SSSR count). The maximum atomic E-state index is 12.2. The first-order chi connectivity index (χ1) is 10.2. The molecule has 2 aromatic rings. The Kier molecular flexibility index (Phi) is 4.68. The molecule has 0 unspecified atom stereocenters. The zero-order valence-corrected chi connectivity index (χ0v) is 12.7. The lowest BCUT2D eigenvalue weighted by molar-refractivity contribution is 0.0666. The fourth-order valence-corrected chi connectivity index (χ4v) is 2.26. The predicted molar refractivity (Wildman–Crippen MR) is 85.7 cm³/mol. The van der Waals surface area contributed by atoms with E-state index in [4.69, 9.17) is 4.74 Å². The summed E-state index contributed by atoms with van der Waals surface area (Å²) in [4.78, 5) is 25.6. The number of nitrogens with one attached hydrogen (secondary N) is 1. The van der Waals surface area contributed by atoms with Gasteiger partial charge in [0.25, 0.3) is 11.8 Å². The molecule has 0 saturated heterocycles. The molecular weight excluding hydrogens is 304 g/mol. The lowest BCUT2D eigenvalue weighted by atomic mass is 10.1. The third-order valence-corrected chi connectivity index (χ3v) is 3.41. The molecule has 22 heavy (non-hydrogen) atoms. The van der Waals surface area contributed by atoms with Crippen molar-refractivity contribution in [3.63, 3.8) is 0 Å². The standard InChI is InChI=1S/C16H14N2O3.ClH/c1-21-12-8-6-11(7-9-12)17-10-18-15(19)13-4-2-3-5-14(13)16(18)20;/h2-9,17H,10H2,1H3;1H. The summed E-state index contributed by atoms with van der Waals surface area (Å²) in [6.45, 7) is 0.138. The molecule has 2 aromatic carbocycles. The first-order valence-corrected chi connectivity index (χ1v) is 6.54. The number of imide groups is 1. The Bertz CT molecular complexity index is 666. The molecule has 0 saturated carbocycles. The van der Waals surface area contributed by atoms with Crippen LogP contribution >= 0.6 is 12.4 Å². The van der Waals surface area contributed by atoms with Crippen LogP contribution in [0.2, 0.25) is 0 Å². The van der Waals surface area contributed by atoms with Crippen LogP contribution < -0.4 is 10.1 Å². The number of ether oxygens (including phenoxy) is 1. The fraction of sp³-hybridized carbons (Fsp3) is 0.125. The van der Waals surface area contributed by atoms with Crippen molar-refractivity contribution in [2.45, 2.75) is 0 Å². The van der Waals surface area contributed by atoms with E-state index in [0.29, 0.717) is 11.1 Å². The second-order valence-electron chi connectivity index (χ2n) is 4.65. The first kappa shape index (κ1) is 15.9. The van der Waals surface area contributed by atoms with Crippen molar-refractivity contribution in [2.24, 2.45) is 0 Å². The average Bonchev–Trinajstić information content (AvgIpc) is 2.78. The van der Waals surface area contributed by atoms with Crippen molar-refractivity contribution < 1.29 is 14.3 Å². The Morgan fingerprint density at radius 2 is 1.50 bits per heavy atom. The molecule has 0 atom stereocenters. The van der Waals surface area contributed by atoms with Crippen LogP contribution in [-0.2, 0) is 0 Å². The van der Waals surface area contributed by atoms with Crippen molar-refractivity contribution >= 4 is 29.9 Å². The highest BCUT2D eigenvalue weighted by atomic mass is 35.5. The summed E-state index contributed by atoms with van der Waals surface area (Å²) in [7, 11) is 1.60. The van der Waals surface area contributed by atoms with E-state index in [1.807, 2.05) is 24.3 Å². The molecule has 5 nitrogen and oxygen atoms in total. The van der Waals surface area contributed by atoms with Crippen molar-refractivity contribution in [2.75, 3.05) is 19.1 Å². The number of amides is 2. The van der Waals surface area contributed by atoms with Gasteiger partial charge in [-0.3, -0.25) is 14.5 Å². The van der Waals surface area contributed by atoms with E-state index < -0.39 is 0 Å². The first-order valence-electron chi connectivity index (χ1n) is 6.54. The number of rotatable bonds is 4. The second kappa shape index (κ2) is 6.49. The van der Waals surface area contributed by atoms with Crippen LogP contribution in [0.5, 0.6) is 5.75 Å². The smallest absolute Gasteiger partial charge is 0.263 e. The van der Waals surface area contributed by atoms with Crippen LogP contribution in [-0.4, -0.2) is 30.5 Å². The van der Waals surface area contributed by atoms with Gasteiger partial charge in [-0.2, -0.15) is 0 Å². The maximum Gasteiger partial charge on any atom is 0.263 e. The van der Waals surface area contributed by atoms with Gasteiger partial charge in [0.2, 0.25) is 0 Å². The average molecular weight is 319 g/mol. The number of anilines is 1. The summed E-state index contributed by atoms with van der Waals surface area (Å²) in [6, 6.07) is 14.1. The molecule has 114 valence electrons.